The van der Waals surface area contributed by atoms with Crippen LogP contribution in [0.4, 0.5) is 14.5 Å². The molecule has 0 atom stereocenters. The first kappa shape index (κ1) is 11.7. The molecule has 90 valence electrons. The highest BCUT2D eigenvalue weighted by atomic mass is 19.3. The zero-order valence-electron chi connectivity index (χ0n) is 9.37. The number of halogens is 2. The molecular weight excluding hydrogens is 224 g/mol. The molecule has 0 spiro atoms. The molecule has 3 nitrogen and oxygen atoms in total. The van der Waals surface area contributed by atoms with Crippen LogP contribution in [0.1, 0.15) is 24.6 Å². The molecule has 0 radical (unpaired) electrons. The highest BCUT2D eigenvalue weighted by molar-refractivity contribution is 5.93. The highest BCUT2D eigenvalue weighted by Crippen LogP contribution is 2.29. The van der Waals surface area contributed by atoms with Gasteiger partial charge in [0.25, 0.3) is 6.43 Å². The molecule has 3 N–H and O–H groups in total. The molecule has 0 saturated heterocycles. The molecular formula is C12H13F2N3. The lowest BCUT2D eigenvalue weighted by molar-refractivity contribution is 0.146. The summed E-state index contributed by atoms with van der Waals surface area (Å²) in [5, 5.41) is 0.760. The molecule has 0 bridgehead atoms. The first-order chi connectivity index (χ1) is 8.17. The average Bonchev–Trinajstić information content (AvgIpc) is 2.36. The van der Waals surface area contributed by atoms with E-state index in [0.29, 0.717) is 11.2 Å². The van der Waals surface area contributed by atoms with Gasteiger partial charge in [0.05, 0.1) is 11.2 Å². The summed E-state index contributed by atoms with van der Waals surface area (Å²) in [5.74, 6) is 5.35. The van der Waals surface area contributed by atoms with Gasteiger partial charge in [-0.2, -0.15) is 0 Å². The van der Waals surface area contributed by atoms with Gasteiger partial charge in [-0.25, -0.2) is 13.8 Å². The number of anilines is 1. The molecule has 2 rings (SSSR count). The average molecular weight is 237 g/mol. The lowest BCUT2D eigenvalue weighted by atomic mass is 10.1. The van der Waals surface area contributed by atoms with Crippen molar-refractivity contribution >= 4 is 16.6 Å². The van der Waals surface area contributed by atoms with E-state index >= 15 is 0 Å². The van der Waals surface area contributed by atoms with Crippen molar-refractivity contribution in [1.82, 2.24) is 4.98 Å². The number of para-hydroxylation sites is 1. The van der Waals surface area contributed by atoms with Gasteiger partial charge in [-0.15, -0.1) is 0 Å². The van der Waals surface area contributed by atoms with Crippen LogP contribution in [0.15, 0.2) is 24.3 Å². The Bertz CT molecular complexity index is 541. The van der Waals surface area contributed by atoms with Gasteiger partial charge in [0, 0.05) is 5.39 Å². The Balaban J connectivity index is 2.78. The van der Waals surface area contributed by atoms with Gasteiger partial charge < -0.3 is 5.43 Å². The van der Waals surface area contributed by atoms with Gasteiger partial charge in [0.15, 0.2) is 0 Å². The van der Waals surface area contributed by atoms with E-state index in [1.165, 1.54) is 6.07 Å². The van der Waals surface area contributed by atoms with E-state index in [0.717, 1.165) is 17.4 Å². The minimum Gasteiger partial charge on any atom is -0.323 e. The monoisotopic (exact) mass is 237 g/mol. The molecule has 1 aromatic heterocycles. The number of nitrogens with one attached hydrogen (secondary N) is 1. The fourth-order valence-electron chi connectivity index (χ4n) is 1.84. The van der Waals surface area contributed by atoms with E-state index in [1.807, 2.05) is 25.1 Å². The van der Waals surface area contributed by atoms with E-state index in [1.54, 1.807) is 0 Å². The van der Waals surface area contributed by atoms with Gasteiger partial charge in [0.1, 0.15) is 5.69 Å². The number of alkyl halides is 2. The number of hydrogen-bond acceptors (Lipinski definition) is 3. The van der Waals surface area contributed by atoms with Crippen molar-refractivity contribution < 1.29 is 8.78 Å². The van der Waals surface area contributed by atoms with Crippen LogP contribution in [0.25, 0.3) is 10.9 Å². The van der Waals surface area contributed by atoms with Crippen molar-refractivity contribution in [1.29, 1.82) is 0 Å². The number of nitrogen functional groups attached to an aromatic ring is 1. The predicted octanol–water partition coefficient (Wildman–Crippen LogP) is 3.02. The summed E-state index contributed by atoms with van der Waals surface area (Å²) in [6.07, 6.45) is -1.86. The topological polar surface area (TPSA) is 50.9 Å². The Morgan fingerprint density at radius 3 is 2.76 bits per heavy atom. The van der Waals surface area contributed by atoms with Crippen LogP contribution in [0.2, 0.25) is 0 Å². The third-order valence-electron chi connectivity index (χ3n) is 2.70. The van der Waals surface area contributed by atoms with E-state index < -0.39 is 6.43 Å². The lowest BCUT2D eigenvalue weighted by Gasteiger charge is -2.11. The smallest absolute Gasteiger partial charge is 0.280 e. The molecule has 0 aliphatic rings. The number of aryl methyl sites for hydroxylation is 1. The summed E-state index contributed by atoms with van der Waals surface area (Å²) in [5.41, 5.74) is 4.17. The van der Waals surface area contributed by atoms with Crippen LogP contribution in [0.5, 0.6) is 0 Å². The predicted molar refractivity (Wildman–Crippen MR) is 63.9 cm³/mol. The lowest BCUT2D eigenvalue weighted by Crippen LogP contribution is -2.09. The quantitative estimate of drug-likeness (QED) is 0.637. The van der Waals surface area contributed by atoms with Gasteiger partial charge in [0.2, 0.25) is 0 Å². The van der Waals surface area contributed by atoms with Crippen molar-refractivity contribution in [3.05, 3.63) is 35.5 Å². The van der Waals surface area contributed by atoms with Crippen LogP contribution < -0.4 is 11.3 Å². The maximum absolute atomic E-state index is 12.7. The number of benzene rings is 1. The largest absolute Gasteiger partial charge is 0.323 e. The Morgan fingerprint density at radius 2 is 2.18 bits per heavy atom. The minimum atomic E-state index is -2.60. The zero-order valence-corrected chi connectivity index (χ0v) is 9.37. The molecule has 5 heteroatoms. The van der Waals surface area contributed by atoms with Crippen LogP contribution in [-0.2, 0) is 6.42 Å². The third kappa shape index (κ3) is 2.06. The van der Waals surface area contributed by atoms with Gasteiger partial charge in [-0.1, -0.05) is 25.1 Å². The summed E-state index contributed by atoms with van der Waals surface area (Å²) in [6.45, 7) is 1.96. The van der Waals surface area contributed by atoms with Gasteiger partial charge >= 0.3 is 0 Å². The third-order valence-corrected chi connectivity index (χ3v) is 2.70. The first-order valence-electron chi connectivity index (χ1n) is 5.34. The summed E-state index contributed by atoms with van der Waals surface area (Å²) in [6, 6.07) is 6.84. The van der Waals surface area contributed by atoms with Gasteiger partial charge in [-0.3, -0.25) is 5.84 Å². The molecule has 1 heterocycles. The molecule has 0 amide bonds. The zero-order chi connectivity index (χ0) is 12.4. The number of nitrogens with zero attached hydrogens (tertiary/aromatic N) is 1. The maximum Gasteiger partial charge on any atom is 0.280 e. The number of pyridine rings is 1. The van der Waals surface area contributed by atoms with Crippen molar-refractivity contribution in [3.8, 4) is 0 Å². The second-order valence-corrected chi connectivity index (χ2v) is 3.71. The maximum atomic E-state index is 12.7. The minimum absolute atomic E-state index is 0.258. The SMILES string of the molecule is CCc1cccc2c(NN)cc(C(F)F)nc12. The highest BCUT2D eigenvalue weighted by Gasteiger charge is 2.14. The number of rotatable bonds is 3. The summed E-state index contributed by atoms with van der Waals surface area (Å²) >= 11 is 0. The summed E-state index contributed by atoms with van der Waals surface area (Å²) in [4.78, 5) is 4.01. The van der Waals surface area contributed by atoms with Crippen LogP contribution in [0.3, 0.4) is 0 Å². The Kier molecular flexibility index (Phi) is 3.19. The molecule has 0 unspecified atom stereocenters. The van der Waals surface area contributed by atoms with Crippen LogP contribution in [-0.4, -0.2) is 4.98 Å². The van der Waals surface area contributed by atoms with Crippen molar-refractivity contribution in [2.45, 2.75) is 19.8 Å². The second kappa shape index (κ2) is 4.63. The first-order valence-corrected chi connectivity index (χ1v) is 5.34. The van der Waals surface area contributed by atoms with Crippen LogP contribution >= 0.6 is 0 Å². The number of nitrogens with two attached hydrogens (primary N) is 1. The second-order valence-electron chi connectivity index (χ2n) is 3.71. The van der Waals surface area contributed by atoms with E-state index in [-0.39, 0.29) is 5.69 Å². The fourth-order valence-corrected chi connectivity index (χ4v) is 1.84. The molecule has 17 heavy (non-hydrogen) atoms. The molecule has 0 aliphatic heterocycles. The number of hydrazine groups is 1. The van der Waals surface area contributed by atoms with Crippen LogP contribution in [0, 0.1) is 0 Å². The summed E-state index contributed by atoms with van der Waals surface area (Å²) in [7, 11) is 0. The van der Waals surface area contributed by atoms with Crippen molar-refractivity contribution in [3.63, 3.8) is 0 Å². The summed E-state index contributed by atoms with van der Waals surface area (Å²) < 4.78 is 25.4. The Hall–Kier alpha value is -1.75. The van der Waals surface area contributed by atoms with Gasteiger partial charge in [-0.05, 0) is 18.1 Å². The number of hydrogen-bond donors (Lipinski definition) is 2. The molecule has 1 aromatic carbocycles. The number of fused-ring (bicyclic) bond motifs is 1. The fraction of sp³-hybridized carbons (Fsp3) is 0.250. The molecule has 2 aromatic rings. The normalized spacial score (nSPS) is 11.1. The number of aromatic nitrogens is 1. The van der Waals surface area contributed by atoms with Crippen molar-refractivity contribution in [2.75, 3.05) is 5.43 Å². The molecule has 0 saturated carbocycles. The molecule has 0 fully saturated rings. The Labute approximate surface area is 97.6 Å². The van der Waals surface area contributed by atoms with E-state index in [2.05, 4.69) is 10.4 Å². The van der Waals surface area contributed by atoms with E-state index in [9.17, 15) is 8.78 Å². The standard InChI is InChI=1S/C12H13F2N3/c1-2-7-4-3-5-8-9(17-15)6-10(12(13)14)16-11(7)8/h3-6,12H,2,15H2,1H3,(H,16,17). The Morgan fingerprint density at radius 1 is 1.41 bits per heavy atom. The van der Waals surface area contributed by atoms with Crippen molar-refractivity contribution in [2.24, 2.45) is 5.84 Å². The van der Waals surface area contributed by atoms with E-state index in [4.69, 9.17) is 5.84 Å². The molecule has 0 aliphatic carbocycles.